The molecule has 0 aromatic heterocycles. The molecule has 2 aromatic rings. The van der Waals surface area contributed by atoms with Crippen molar-refractivity contribution < 1.29 is 23.0 Å². The number of hydrogen-bond acceptors (Lipinski definition) is 6. The molecule has 0 unspecified atom stereocenters. The summed E-state index contributed by atoms with van der Waals surface area (Å²) in [5.41, 5.74) is 0.516. The molecule has 0 aliphatic carbocycles. The first kappa shape index (κ1) is 17.6. The highest BCUT2D eigenvalue weighted by Crippen LogP contribution is 2.25. The van der Waals surface area contributed by atoms with Gasteiger partial charge in [0.05, 0.1) is 24.8 Å². The van der Waals surface area contributed by atoms with E-state index in [1.807, 2.05) is 6.92 Å². The van der Waals surface area contributed by atoms with Gasteiger partial charge in [0.15, 0.2) is 11.5 Å². The molecular weight excluding hydrogens is 332 g/mol. The van der Waals surface area contributed by atoms with E-state index in [1.165, 1.54) is 31.5 Å². The number of ether oxygens (including phenoxy) is 2. The molecule has 0 saturated heterocycles. The van der Waals surface area contributed by atoms with E-state index in [-0.39, 0.29) is 10.6 Å². The van der Waals surface area contributed by atoms with Gasteiger partial charge in [-0.1, -0.05) is 0 Å². The summed E-state index contributed by atoms with van der Waals surface area (Å²) in [4.78, 5) is 2.18. The average Bonchev–Trinajstić information content (AvgIpc) is 2.56. The van der Waals surface area contributed by atoms with E-state index < -0.39 is 10.0 Å². The number of hydrogen-bond donors (Lipinski definition) is 2. The lowest BCUT2D eigenvalue weighted by atomic mass is 10.2. The van der Waals surface area contributed by atoms with Gasteiger partial charge in [-0.25, -0.2) is 4.83 Å². The van der Waals surface area contributed by atoms with E-state index in [1.54, 1.807) is 24.3 Å². The number of sulfonamides is 1. The number of nitrogens with zero attached hydrogens (tertiary/aromatic N) is 1. The van der Waals surface area contributed by atoms with Crippen molar-refractivity contribution in [3.8, 4) is 17.2 Å². The molecular formula is C16H18N2O5S. The molecule has 2 N–H and O–H groups in total. The van der Waals surface area contributed by atoms with Crippen LogP contribution in [0.5, 0.6) is 17.2 Å². The number of aromatic hydroxyl groups is 1. The van der Waals surface area contributed by atoms with Gasteiger partial charge in [0.1, 0.15) is 5.75 Å². The van der Waals surface area contributed by atoms with E-state index in [0.717, 1.165) is 0 Å². The van der Waals surface area contributed by atoms with E-state index in [9.17, 15) is 13.5 Å². The van der Waals surface area contributed by atoms with Crippen molar-refractivity contribution in [1.29, 1.82) is 0 Å². The van der Waals surface area contributed by atoms with E-state index in [2.05, 4.69) is 9.93 Å². The molecule has 128 valence electrons. The zero-order chi connectivity index (χ0) is 17.6. The molecule has 0 aliphatic heterocycles. The van der Waals surface area contributed by atoms with Crippen LogP contribution in [0.25, 0.3) is 0 Å². The standard InChI is InChI=1S/C16H18N2O5S/c1-3-23-13-5-7-14(8-6-13)24(20,21)18-17-11-12-4-9-16(22-2)15(19)10-12/h4-11,18-19H,3H2,1-2H3. The van der Waals surface area contributed by atoms with Crippen molar-refractivity contribution in [1.82, 2.24) is 4.83 Å². The van der Waals surface area contributed by atoms with Gasteiger partial charge in [0.2, 0.25) is 0 Å². The Bertz CT molecular complexity index is 817. The van der Waals surface area contributed by atoms with Crippen molar-refractivity contribution in [2.45, 2.75) is 11.8 Å². The molecule has 0 spiro atoms. The van der Waals surface area contributed by atoms with Gasteiger partial charge in [-0.15, -0.1) is 0 Å². The Hall–Kier alpha value is -2.74. The Morgan fingerprint density at radius 3 is 2.50 bits per heavy atom. The molecule has 24 heavy (non-hydrogen) atoms. The lowest BCUT2D eigenvalue weighted by molar-refractivity contribution is 0.340. The molecule has 0 aliphatic rings. The van der Waals surface area contributed by atoms with Gasteiger partial charge < -0.3 is 14.6 Å². The van der Waals surface area contributed by atoms with Crippen LogP contribution in [0.1, 0.15) is 12.5 Å². The molecule has 2 aromatic carbocycles. The highest BCUT2D eigenvalue weighted by molar-refractivity contribution is 7.89. The third-order valence-electron chi connectivity index (χ3n) is 3.03. The molecule has 0 radical (unpaired) electrons. The third-order valence-corrected chi connectivity index (χ3v) is 4.27. The smallest absolute Gasteiger partial charge is 0.276 e. The van der Waals surface area contributed by atoms with Crippen LogP contribution in [0.3, 0.4) is 0 Å². The molecule has 0 heterocycles. The largest absolute Gasteiger partial charge is 0.504 e. The summed E-state index contributed by atoms with van der Waals surface area (Å²) in [5.74, 6) is 0.853. The van der Waals surface area contributed by atoms with Crippen molar-refractivity contribution in [3.05, 3.63) is 48.0 Å². The summed E-state index contributed by atoms with van der Waals surface area (Å²) in [6, 6.07) is 10.6. The minimum absolute atomic E-state index is 0.0594. The van der Waals surface area contributed by atoms with Gasteiger partial charge in [-0.3, -0.25) is 0 Å². The summed E-state index contributed by atoms with van der Waals surface area (Å²) >= 11 is 0. The van der Waals surface area contributed by atoms with Crippen molar-refractivity contribution in [2.24, 2.45) is 5.10 Å². The van der Waals surface area contributed by atoms with Gasteiger partial charge in [0, 0.05) is 0 Å². The molecule has 0 amide bonds. The maximum absolute atomic E-state index is 12.1. The van der Waals surface area contributed by atoms with Gasteiger partial charge >= 0.3 is 0 Å². The van der Waals surface area contributed by atoms with Crippen molar-refractivity contribution >= 4 is 16.2 Å². The fourth-order valence-corrected chi connectivity index (χ4v) is 2.68. The fraction of sp³-hybridized carbons (Fsp3) is 0.188. The summed E-state index contributed by atoms with van der Waals surface area (Å²) in [6.45, 7) is 2.35. The van der Waals surface area contributed by atoms with Gasteiger partial charge in [0.25, 0.3) is 10.0 Å². The third kappa shape index (κ3) is 4.39. The Balaban J connectivity index is 2.07. The van der Waals surface area contributed by atoms with Gasteiger partial charge in [-0.2, -0.15) is 13.5 Å². The van der Waals surface area contributed by atoms with Crippen LogP contribution in [0.4, 0.5) is 0 Å². The molecule has 0 fully saturated rings. The number of phenols is 1. The Morgan fingerprint density at radius 2 is 1.92 bits per heavy atom. The van der Waals surface area contributed by atoms with Crippen LogP contribution in [0, 0.1) is 0 Å². The molecule has 7 nitrogen and oxygen atoms in total. The topological polar surface area (TPSA) is 97.2 Å². The highest BCUT2D eigenvalue weighted by atomic mass is 32.2. The Labute approximate surface area is 140 Å². The molecule has 0 bridgehead atoms. The zero-order valence-corrected chi connectivity index (χ0v) is 14.1. The number of hydrazone groups is 1. The summed E-state index contributed by atoms with van der Waals surface area (Å²) in [5, 5.41) is 13.4. The minimum atomic E-state index is -3.78. The minimum Gasteiger partial charge on any atom is -0.504 e. The van der Waals surface area contributed by atoms with Crippen LogP contribution in [0.2, 0.25) is 0 Å². The van der Waals surface area contributed by atoms with Crippen LogP contribution in [-0.4, -0.2) is 33.5 Å². The SMILES string of the molecule is CCOc1ccc(S(=O)(=O)NN=Cc2ccc(OC)c(O)c2)cc1. The maximum Gasteiger partial charge on any atom is 0.276 e. The number of benzene rings is 2. The predicted molar refractivity (Wildman–Crippen MR) is 90.2 cm³/mol. The van der Waals surface area contributed by atoms with Crippen molar-refractivity contribution in [3.63, 3.8) is 0 Å². The summed E-state index contributed by atoms with van der Waals surface area (Å²) in [7, 11) is -2.34. The Morgan fingerprint density at radius 1 is 1.21 bits per heavy atom. The first-order valence-electron chi connectivity index (χ1n) is 7.11. The predicted octanol–water partition coefficient (Wildman–Crippen LogP) is 2.11. The lowest BCUT2D eigenvalue weighted by Gasteiger charge is -2.06. The van der Waals surface area contributed by atoms with Gasteiger partial charge in [-0.05, 0) is 55.0 Å². The second-order valence-corrected chi connectivity index (χ2v) is 6.35. The molecule has 0 saturated carbocycles. The van der Waals surface area contributed by atoms with E-state index in [0.29, 0.717) is 23.7 Å². The maximum atomic E-state index is 12.1. The zero-order valence-electron chi connectivity index (χ0n) is 13.3. The van der Waals surface area contributed by atoms with Crippen LogP contribution in [0.15, 0.2) is 52.5 Å². The van der Waals surface area contributed by atoms with Crippen LogP contribution >= 0.6 is 0 Å². The average molecular weight is 350 g/mol. The molecule has 8 heteroatoms. The van der Waals surface area contributed by atoms with Crippen LogP contribution < -0.4 is 14.3 Å². The fourth-order valence-electron chi connectivity index (χ4n) is 1.89. The first-order valence-corrected chi connectivity index (χ1v) is 8.59. The number of rotatable bonds is 7. The van der Waals surface area contributed by atoms with Crippen LogP contribution in [-0.2, 0) is 10.0 Å². The second-order valence-electron chi connectivity index (χ2n) is 4.69. The number of phenolic OH excluding ortho intramolecular Hbond substituents is 1. The molecule has 2 rings (SSSR count). The first-order chi connectivity index (χ1) is 11.5. The van der Waals surface area contributed by atoms with Crippen molar-refractivity contribution in [2.75, 3.05) is 13.7 Å². The summed E-state index contributed by atoms with van der Waals surface area (Å²) < 4.78 is 34.4. The number of methoxy groups -OCH3 is 1. The highest BCUT2D eigenvalue weighted by Gasteiger charge is 2.12. The number of nitrogens with one attached hydrogen (secondary N) is 1. The van der Waals surface area contributed by atoms with E-state index >= 15 is 0 Å². The monoisotopic (exact) mass is 350 g/mol. The Kier molecular flexibility index (Phi) is 5.64. The lowest BCUT2D eigenvalue weighted by Crippen LogP contribution is -2.18. The van der Waals surface area contributed by atoms with E-state index in [4.69, 9.17) is 9.47 Å². The quantitative estimate of drug-likeness (QED) is 0.589. The normalized spacial score (nSPS) is 11.4. The summed E-state index contributed by atoms with van der Waals surface area (Å²) in [6.07, 6.45) is 1.28. The second kappa shape index (κ2) is 7.69. The molecule has 0 atom stereocenters.